The molecule has 2 rings (SSSR count). The average Bonchev–Trinajstić information content (AvgIpc) is 2.25. The molecule has 0 aliphatic heterocycles. The standard InChI is InChI=1S/C12H10Br2S/c13-9-1-5-11(6-2-9)15-12-7-3-10(14)4-8-12/h1-3,5-8,10H,4H2. The molecular weight excluding hydrogens is 336 g/mol. The molecule has 0 nitrogen and oxygen atoms in total. The summed E-state index contributed by atoms with van der Waals surface area (Å²) in [6.45, 7) is 0. The van der Waals surface area contributed by atoms with Crippen molar-refractivity contribution in [2.75, 3.05) is 0 Å². The van der Waals surface area contributed by atoms with Crippen molar-refractivity contribution in [3.05, 3.63) is 51.9 Å². The van der Waals surface area contributed by atoms with Crippen molar-refractivity contribution in [3.8, 4) is 0 Å². The van der Waals surface area contributed by atoms with E-state index in [-0.39, 0.29) is 0 Å². The zero-order valence-corrected chi connectivity index (χ0v) is 12.0. The van der Waals surface area contributed by atoms with E-state index in [4.69, 9.17) is 0 Å². The van der Waals surface area contributed by atoms with Crippen LogP contribution in [-0.4, -0.2) is 4.83 Å². The van der Waals surface area contributed by atoms with E-state index < -0.39 is 0 Å². The quantitative estimate of drug-likeness (QED) is 0.668. The van der Waals surface area contributed by atoms with Crippen LogP contribution in [0.2, 0.25) is 0 Å². The summed E-state index contributed by atoms with van der Waals surface area (Å²) in [4.78, 5) is 3.11. The largest absolute Gasteiger partial charge is 0.0904 e. The normalized spacial score (nSPS) is 20.1. The molecule has 1 atom stereocenters. The van der Waals surface area contributed by atoms with Crippen LogP contribution < -0.4 is 0 Å². The molecule has 3 heteroatoms. The zero-order chi connectivity index (χ0) is 10.7. The van der Waals surface area contributed by atoms with Gasteiger partial charge >= 0.3 is 0 Å². The lowest BCUT2D eigenvalue weighted by atomic mass is 10.2. The van der Waals surface area contributed by atoms with Crippen LogP contribution in [0.5, 0.6) is 0 Å². The highest BCUT2D eigenvalue weighted by molar-refractivity contribution is 9.10. The van der Waals surface area contributed by atoms with E-state index in [1.54, 1.807) is 0 Å². The summed E-state index contributed by atoms with van der Waals surface area (Å²) in [7, 11) is 0. The molecule has 1 aromatic carbocycles. The number of halogens is 2. The van der Waals surface area contributed by atoms with Gasteiger partial charge in [0.1, 0.15) is 0 Å². The number of benzene rings is 1. The molecule has 0 saturated heterocycles. The lowest BCUT2D eigenvalue weighted by molar-refractivity contribution is 1.07. The van der Waals surface area contributed by atoms with Crippen molar-refractivity contribution in [2.45, 2.75) is 16.1 Å². The molecule has 1 aliphatic carbocycles. The Morgan fingerprint density at radius 3 is 2.53 bits per heavy atom. The summed E-state index contributed by atoms with van der Waals surface area (Å²) < 4.78 is 1.13. The molecule has 1 unspecified atom stereocenters. The van der Waals surface area contributed by atoms with Crippen LogP contribution in [0.1, 0.15) is 6.42 Å². The third-order valence-corrected chi connectivity index (χ3v) is 4.32. The van der Waals surface area contributed by atoms with Gasteiger partial charge in [-0.2, -0.15) is 0 Å². The molecule has 0 bridgehead atoms. The van der Waals surface area contributed by atoms with Crippen LogP contribution in [0.15, 0.2) is 56.8 Å². The Morgan fingerprint density at radius 1 is 1.20 bits per heavy atom. The van der Waals surface area contributed by atoms with E-state index in [1.807, 2.05) is 11.8 Å². The monoisotopic (exact) mass is 344 g/mol. The van der Waals surface area contributed by atoms with Gasteiger partial charge in [-0.05, 0) is 30.7 Å². The second kappa shape index (κ2) is 5.37. The van der Waals surface area contributed by atoms with E-state index in [2.05, 4.69) is 74.4 Å². The van der Waals surface area contributed by atoms with Gasteiger partial charge < -0.3 is 0 Å². The Balaban J connectivity index is 2.04. The first-order chi connectivity index (χ1) is 7.24. The van der Waals surface area contributed by atoms with Crippen LogP contribution >= 0.6 is 43.6 Å². The van der Waals surface area contributed by atoms with E-state index in [9.17, 15) is 0 Å². The molecule has 0 aromatic heterocycles. The van der Waals surface area contributed by atoms with E-state index in [1.165, 1.54) is 9.80 Å². The Kier molecular flexibility index (Phi) is 4.12. The minimum absolute atomic E-state index is 0.506. The number of hydrogen-bond acceptors (Lipinski definition) is 1. The van der Waals surface area contributed by atoms with E-state index in [0.717, 1.165) is 10.9 Å². The number of alkyl halides is 1. The van der Waals surface area contributed by atoms with Gasteiger partial charge in [-0.1, -0.05) is 61.8 Å². The Labute approximate surface area is 111 Å². The molecule has 78 valence electrons. The predicted molar refractivity (Wildman–Crippen MR) is 74.6 cm³/mol. The lowest BCUT2D eigenvalue weighted by Crippen LogP contribution is -1.94. The van der Waals surface area contributed by atoms with Gasteiger partial charge in [-0.15, -0.1) is 0 Å². The zero-order valence-electron chi connectivity index (χ0n) is 7.99. The summed E-state index contributed by atoms with van der Waals surface area (Å²) in [5, 5.41) is 0. The molecule has 0 radical (unpaired) electrons. The highest BCUT2D eigenvalue weighted by atomic mass is 79.9. The molecule has 0 heterocycles. The van der Waals surface area contributed by atoms with Gasteiger partial charge in [0.05, 0.1) is 0 Å². The summed E-state index contributed by atoms with van der Waals surface area (Å²) in [6, 6.07) is 8.40. The van der Waals surface area contributed by atoms with Crippen LogP contribution in [0.25, 0.3) is 0 Å². The average molecular weight is 346 g/mol. The summed E-state index contributed by atoms with van der Waals surface area (Å²) in [5.41, 5.74) is 0. The van der Waals surface area contributed by atoms with Crippen LogP contribution in [0, 0.1) is 0 Å². The third kappa shape index (κ3) is 3.51. The molecule has 0 spiro atoms. The molecule has 0 N–H and O–H groups in total. The van der Waals surface area contributed by atoms with Crippen molar-refractivity contribution >= 4 is 43.6 Å². The highest BCUT2D eigenvalue weighted by Crippen LogP contribution is 2.31. The van der Waals surface area contributed by atoms with Gasteiger partial charge in [-0.3, -0.25) is 0 Å². The maximum absolute atomic E-state index is 3.56. The van der Waals surface area contributed by atoms with Crippen LogP contribution in [0.4, 0.5) is 0 Å². The first kappa shape index (κ1) is 11.5. The van der Waals surface area contributed by atoms with Gasteiger partial charge in [0.25, 0.3) is 0 Å². The maximum atomic E-state index is 3.56. The topological polar surface area (TPSA) is 0 Å². The first-order valence-electron chi connectivity index (χ1n) is 4.70. The Hall–Kier alpha value is 0.01000. The summed E-state index contributed by atoms with van der Waals surface area (Å²) in [6.07, 6.45) is 7.72. The highest BCUT2D eigenvalue weighted by Gasteiger charge is 2.05. The molecule has 1 aromatic rings. The molecular formula is C12H10Br2S. The summed E-state index contributed by atoms with van der Waals surface area (Å²) in [5.74, 6) is 0. The van der Waals surface area contributed by atoms with Crippen molar-refractivity contribution < 1.29 is 0 Å². The van der Waals surface area contributed by atoms with Crippen molar-refractivity contribution in [3.63, 3.8) is 0 Å². The minimum Gasteiger partial charge on any atom is -0.0904 e. The molecule has 1 aliphatic rings. The minimum atomic E-state index is 0.506. The summed E-state index contributed by atoms with van der Waals surface area (Å²) >= 11 is 8.81. The van der Waals surface area contributed by atoms with Crippen molar-refractivity contribution in [1.82, 2.24) is 0 Å². The first-order valence-corrected chi connectivity index (χ1v) is 7.22. The number of hydrogen-bond donors (Lipinski definition) is 0. The van der Waals surface area contributed by atoms with Crippen molar-refractivity contribution in [2.24, 2.45) is 0 Å². The van der Waals surface area contributed by atoms with Gasteiger partial charge in [0.2, 0.25) is 0 Å². The molecule has 0 saturated carbocycles. The molecule has 0 fully saturated rings. The van der Waals surface area contributed by atoms with Crippen LogP contribution in [0.3, 0.4) is 0 Å². The number of allylic oxidation sites excluding steroid dienone is 3. The van der Waals surface area contributed by atoms with Gasteiger partial charge in [0, 0.05) is 19.1 Å². The predicted octanol–water partition coefficient (Wildman–Crippen LogP) is 5.15. The number of thioether (sulfide) groups is 1. The second-order valence-corrected chi connectivity index (χ2v) is 6.51. The third-order valence-electron chi connectivity index (χ3n) is 2.06. The van der Waals surface area contributed by atoms with E-state index in [0.29, 0.717) is 4.83 Å². The fraction of sp³-hybridized carbons (Fsp3) is 0.167. The Bertz CT molecular complexity index is 393. The fourth-order valence-electron chi connectivity index (χ4n) is 1.29. The lowest BCUT2D eigenvalue weighted by Gasteiger charge is -2.10. The van der Waals surface area contributed by atoms with Crippen molar-refractivity contribution in [1.29, 1.82) is 0 Å². The smallest absolute Gasteiger partial charge is 0.0363 e. The second-order valence-electron chi connectivity index (χ2n) is 3.27. The fourth-order valence-corrected chi connectivity index (χ4v) is 2.76. The number of rotatable bonds is 2. The molecule has 0 amide bonds. The molecule has 15 heavy (non-hydrogen) atoms. The van der Waals surface area contributed by atoms with Crippen LogP contribution in [-0.2, 0) is 0 Å². The van der Waals surface area contributed by atoms with E-state index >= 15 is 0 Å². The Morgan fingerprint density at radius 2 is 1.93 bits per heavy atom. The van der Waals surface area contributed by atoms with Gasteiger partial charge in [-0.25, -0.2) is 0 Å². The maximum Gasteiger partial charge on any atom is 0.0363 e. The SMILES string of the molecule is Brc1ccc(SC2=CCC(Br)C=C2)cc1. The van der Waals surface area contributed by atoms with Gasteiger partial charge in [0.15, 0.2) is 0 Å².